The highest BCUT2D eigenvalue weighted by Gasteiger charge is 2.19. The smallest absolute Gasteiger partial charge is 0.258 e. The van der Waals surface area contributed by atoms with Gasteiger partial charge in [-0.15, -0.1) is 0 Å². The van der Waals surface area contributed by atoms with E-state index in [4.69, 9.17) is 14.2 Å². The number of methoxy groups -OCH3 is 3. The normalized spacial score (nSPS) is 11.0. The zero-order valence-electron chi connectivity index (χ0n) is 18.8. The Morgan fingerprint density at radius 2 is 1.68 bits per heavy atom. The van der Waals surface area contributed by atoms with Crippen LogP contribution in [0.3, 0.4) is 0 Å². The number of imidazole rings is 1. The van der Waals surface area contributed by atoms with E-state index < -0.39 is 0 Å². The summed E-state index contributed by atoms with van der Waals surface area (Å²) in [7, 11) is 4.57. The van der Waals surface area contributed by atoms with Crippen LogP contribution in [0.1, 0.15) is 24.2 Å². The molecule has 8 heteroatoms. The molecule has 3 rings (SSSR count). The predicted molar refractivity (Wildman–Crippen MR) is 122 cm³/mol. The standard InChI is InChI=1S/C23H30N4O4/c1-6-26(7-2)12-13-27-18-11-9-8-10-17(18)24-23(27)25-22(28)16-14-19(29-3)21(31-5)20(15-16)30-4/h8-11,14-15H,6-7,12-13H2,1-5H3,(H,24,25,28). The van der Waals surface area contributed by atoms with E-state index in [1.807, 2.05) is 28.8 Å². The number of rotatable bonds is 10. The molecule has 0 radical (unpaired) electrons. The molecule has 0 aliphatic heterocycles. The molecule has 1 heterocycles. The largest absolute Gasteiger partial charge is 0.493 e. The van der Waals surface area contributed by atoms with Crippen LogP contribution in [0.4, 0.5) is 5.95 Å². The number of fused-ring (bicyclic) bond motifs is 1. The Morgan fingerprint density at radius 1 is 1.03 bits per heavy atom. The van der Waals surface area contributed by atoms with Crippen molar-refractivity contribution in [3.63, 3.8) is 0 Å². The van der Waals surface area contributed by atoms with Crippen LogP contribution >= 0.6 is 0 Å². The van der Waals surface area contributed by atoms with Crippen LogP contribution in [-0.4, -0.2) is 61.3 Å². The lowest BCUT2D eigenvalue weighted by molar-refractivity contribution is 0.102. The lowest BCUT2D eigenvalue weighted by Crippen LogP contribution is -2.27. The van der Waals surface area contributed by atoms with Crippen LogP contribution in [0.5, 0.6) is 17.2 Å². The third kappa shape index (κ3) is 4.74. The maximum absolute atomic E-state index is 13.1. The van der Waals surface area contributed by atoms with Gasteiger partial charge in [0.05, 0.1) is 32.4 Å². The lowest BCUT2D eigenvalue weighted by atomic mass is 10.1. The molecule has 1 N–H and O–H groups in total. The summed E-state index contributed by atoms with van der Waals surface area (Å²) in [6.07, 6.45) is 0. The minimum absolute atomic E-state index is 0.307. The minimum atomic E-state index is -0.307. The Morgan fingerprint density at radius 3 is 2.26 bits per heavy atom. The third-order valence-corrected chi connectivity index (χ3v) is 5.34. The molecule has 0 unspecified atom stereocenters. The molecule has 1 amide bonds. The second-order valence-electron chi connectivity index (χ2n) is 6.97. The number of nitrogens with one attached hydrogen (secondary N) is 1. The molecular weight excluding hydrogens is 396 g/mol. The number of amides is 1. The molecule has 0 spiro atoms. The number of likely N-dealkylation sites (N-methyl/N-ethyl adjacent to an activating group) is 1. The van der Waals surface area contributed by atoms with Gasteiger partial charge in [-0.05, 0) is 37.4 Å². The topological polar surface area (TPSA) is 77.9 Å². The molecule has 0 aliphatic carbocycles. The molecule has 3 aromatic rings. The summed E-state index contributed by atoms with van der Waals surface area (Å²) >= 11 is 0. The summed E-state index contributed by atoms with van der Waals surface area (Å²) in [6, 6.07) is 11.1. The minimum Gasteiger partial charge on any atom is -0.493 e. The number of aromatic nitrogens is 2. The summed E-state index contributed by atoms with van der Waals surface area (Å²) in [5.41, 5.74) is 2.20. The van der Waals surface area contributed by atoms with Crippen LogP contribution in [0.25, 0.3) is 11.0 Å². The fourth-order valence-corrected chi connectivity index (χ4v) is 3.56. The lowest BCUT2D eigenvalue weighted by Gasteiger charge is -2.19. The van der Waals surface area contributed by atoms with E-state index in [1.165, 1.54) is 21.3 Å². The Hall–Kier alpha value is -3.26. The first-order valence-electron chi connectivity index (χ1n) is 10.3. The molecule has 2 aromatic carbocycles. The Labute approximate surface area is 182 Å². The SMILES string of the molecule is CCN(CC)CCn1c(NC(=O)c2cc(OC)c(OC)c(OC)c2)nc2ccccc21. The van der Waals surface area contributed by atoms with Gasteiger partial charge in [-0.3, -0.25) is 10.1 Å². The summed E-state index contributed by atoms with van der Waals surface area (Å²) in [6.45, 7) is 7.80. The highest BCUT2D eigenvalue weighted by atomic mass is 16.5. The van der Waals surface area contributed by atoms with Gasteiger partial charge < -0.3 is 23.7 Å². The van der Waals surface area contributed by atoms with Gasteiger partial charge in [0.2, 0.25) is 11.7 Å². The van der Waals surface area contributed by atoms with E-state index in [-0.39, 0.29) is 5.91 Å². The number of carbonyl (C=O) groups is 1. The van der Waals surface area contributed by atoms with Crippen molar-refractivity contribution >= 4 is 22.9 Å². The molecular formula is C23H30N4O4. The van der Waals surface area contributed by atoms with E-state index in [0.717, 1.165) is 30.7 Å². The summed E-state index contributed by atoms with van der Waals surface area (Å²) in [4.78, 5) is 20.1. The Balaban J connectivity index is 1.94. The van der Waals surface area contributed by atoms with Crippen molar-refractivity contribution in [3.8, 4) is 17.2 Å². The molecule has 0 saturated carbocycles. The molecule has 166 valence electrons. The maximum Gasteiger partial charge on any atom is 0.258 e. The fourth-order valence-electron chi connectivity index (χ4n) is 3.56. The van der Waals surface area contributed by atoms with Crippen molar-refractivity contribution < 1.29 is 19.0 Å². The first kappa shape index (κ1) is 22.4. The highest BCUT2D eigenvalue weighted by Crippen LogP contribution is 2.38. The molecule has 0 atom stereocenters. The van der Waals surface area contributed by atoms with Gasteiger partial charge in [0.1, 0.15) is 0 Å². The Kier molecular flexibility index (Phi) is 7.36. The number of hydrogen-bond acceptors (Lipinski definition) is 6. The van der Waals surface area contributed by atoms with Crippen LogP contribution in [-0.2, 0) is 6.54 Å². The molecule has 31 heavy (non-hydrogen) atoms. The van der Waals surface area contributed by atoms with Crippen LogP contribution in [0.15, 0.2) is 36.4 Å². The quantitative estimate of drug-likeness (QED) is 0.533. The summed E-state index contributed by atoms with van der Waals surface area (Å²) in [5.74, 6) is 1.47. The molecule has 0 bridgehead atoms. The van der Waals surface area contributed by atoms with Crippen LogP contribution in [0, 0.1) is 0 Å². The number of ether oxygens (including phenoxy) is 3. The highest BCUT2D eigenvalue weighted by molar-refractivity contribution is 6.05. The Bertz CT molecular complexity index is 1020. The van der Waals surface area contributed by atoms with Crippen LogP contribution < -0.4 is 19.5 Å². The predicted octanol–water partition coefficient (Wildman–Crippen LogP) is 3.66. The molecule has 1 aromatic heterocycles. The van der Waals surface area contributed by atoms with Crippen molar-refractivity contribution in [1.82, 2.24) is 14.5 Å². The molecule has 0 fully saturated rings. The summed E-state index contributed by atoms with van der Waals surface area (Å²) in [5, 5.41) is 2.96. The van der Waals surface area contributed by atoms with Crippen molar-refractivity contribution in [2.24, 2.45) is 0 Å². The van der Waals surface area contributed by atoms with E-state index in [2.05, 4.69) is 29.0 Å². The zero-order chi connectivity index (χ0) is 22.4. The number of anilines is 1. The molecule has 0 saturated heterocycles. The van der Waals surface area contributed by atoms with Crippen LogP contribution in [0.2, 0.25) is 0 Å². The first-order chi connectivity index (χ1) is 15.1. The molecule has 0 aliphatic rings. The number of hydrogen-bond donors (Lipinski definition) is 1. The number of carbonyl (C=O) groups excluding carboxylic acids is 1. The second-order valence-corrected chi connectivity index (χ2v) is 6.97. The van der Waals surface area contributed by atoms with Crippen molar-refractivity contribution in [2.75, 3.05) is 46.3 Å². The number of para-hydroxylation sites is 2. The van der Waals surface area contributed by atoms with E-state index in [9.17, 15) is 4.79 Å². The first-order valence-corrected chi connectivity index (χ1v) is 10.3. The fraction of sp³-hybridized carbons (Fsp3) is 0.391. The molecule has 8 nitrogen and oxygen atoms in total. The van der Waals surface area contributed by atoms with E-state index >= 15 is 0 Å². The maximum atomic E-state index is 13.1. The van der Waals surface area contributed by atoms with Crippen molar-refractivity contribution in [3.05, 3.63) is 42.0 Å². The van der Waals surface area contributed by atoms with Crippen molar-refractivity contribution in [1.29, 1.82) is 0 Å². The van der Waals surface area contributed by atoms with Crippen molar-refractivity contribution in [2.45, 2.75) is 20.4 Å². The monoisotopic (exact) mass is 426 g/mol. The third-order valence-electron chi connectivity index (χ3n) is 5.34. The van der Waals surface area contributed by atoms with Gasteiger partial charge in [0.15, 0.2) is 11.5 Å². The second kappa shape index (κ2) is 10.2. The van der Waals surface area contributed by atoms with Gasteiger partial charge in [0, 0.05) is 18.7 Å². The van der Waals surface area contributed by atoms with Gasteiger partial charge in [0.25, 0.3) is 5.91 Å². The number of benzene rings is 2. The summed E-state index contributed by atoms with van der Waals surface area (Å²) < 4.78 is 18.1. The van der Waals surface area contributed by atoms with Gasteiger partial charge in [-0.1, -0.05) is 26.0 Å². The average Bonchev–Trinajstić information content (AvgIpc) is 3.15. The zero-order valence-corrected chi connectivity index (χ0v) is 18.8. The van der Waals surface area contributed by atoms with E-state index in [1.54, 1.807) is 12.1 Å². The average molecular weight is 427 g/mol. The van der Waals surface area contributed by atoms with Gasteiger partial charge >= 0.3 is 0 Å². The van der Waals surface area contributed by atoms with Gasteiger partial charge in [-0.25, -0.2) is 4.98 Å². The van der Waals surface area contributed by atoms with Gasteiger partial charge in [-0.2, -0.15) is 0 Å². The number of nitrogens with zero attached hydrogens (tertiary/aromatic N) is 3. The van der Waals surface area contributed by atoms with E-state index in [0.29, 0.717) is 35.3 Å².